The molecule has 0 spiro atoms. The second kappa shape index (κ2) is 9.75. The number of rotatable bonds is 9. The Morgan fingerprint density at radius 1 is 1.15 bits per heavy atom. The Bertz CT molecular complexity index is 233. The SMILES string of the molecule is CCCNC1CCOCC1CN(CC(C)C)CC(C)C. The van der Waals surface area contributed by atoms with E-state index in [9.17, 15) is 0 Å². The quantitative estimate of drug-likeness (QED) is 0.704. The van der Waals surface area contributed by atoms with Crippen molar-refractivity contribution in [3.05, 3.63) is 0 Å². The third-order valence-electron chi connectivity index (χ3n) is 3.87. The topological polar surface area (TPSA) is 24.5 Å². The van der Waals surface area contributed by atoms with Crippen molar-refractivity contribution in [1.82, 2.24) is 10.2 Å². The Balaban J connectivity index is 2.53. The summed E-state index contributed by atoms with van der Waals surface area (Å²) in [5.74, 6) is 2.12. The van der Waals surface area contributed by atoms with Crippen molar-refractivity contribution in [2.75, 3.05) is 39.4 Å². The summed E-state index contributed by atoms with van der Waals surface area (Å²) in [5, 5.41) is 3.73. The maximum Gasteiger partial charge on any atom is 0.0521 e. The summed E-state index contributed by atoms with van der Waals surface area (Å²) < 4.78 is 5.74. The summed E-state index contributed by atoms with van der Waals surface area (Å²) in [6, 6.07) is 0.644. The van der Waals surface area contributed by atoms with Gasteiger partial charge in [-0.1, -0.05) is 34.6 Å². The largest absolute Gasteiger partial charge is 0.381 e. The number of nitrogens with zero attached hydrogens (tertiary/aromatic N) is 1. The van der Waals surface area contributed by atoms with Gasteiger partial charge in [-0.05, 0) is 31.2 Å². The molecule has 1 aliphatic heterocycles. The maximum absolute atomic E-state index is 5.74. The van der Waals surface area contributed by atoms with Gasteiger partial charge in [0, 0.05) is 38.2 Å². The summed E-state index contributed by atoms with van der Waals surface area (Å²) in [7, 11) is 0. The zero-order chi connectivity index (χ0) is 15.0. The van der Waals surface area contributed by atoms with Crippen molar-refractivity contribution in [3.63, 3.8) is 0 Å². The molecular formula is C17H36N2O. The van der Waals surface area contributed by atoms with E-state index in [0.717, 1.165) is 31.6 Å². The first-order valence-corrected chi connectivity index (χ1v) is 8.56. The average molecular weight is 284 g/mol. The van der Waals surface area contributed by atoms with Crippen LogP contribution in [0.3, 0.4) is 0 Å². The zero-order valence-corrected chi connectivity index (χ0v) is 14.3. The first-order valence-electron chi connectivity index (χ1n) is 8.56. The molecule has 0 aromatic carbocycles. The molecule has 0 aromatic rings. The van der Waals surface area contributed by atoms with Gasteiger partial charge in [-0.2, -0.15) is 0 Å². The molecule has 0 aromatic heterocycles. The number of ether oxygens (including phenoxy) is 1. The normalized spacial score (nSPS) is 24.0. The Labute approximate surface area is 126 Å². The van der Waals surface area contributed by atoms with Crippen LogP contribution >= 0.6 is 0 Å². The Kier molecular flexibility index (Phi) is 8.74. The van der Waals surface area contributed by atoms with Gasteiger partial charge in [0.25, 0.3) is 0 Å². The molecule has 2 atom stereocenters. The Morgan fingerprint density at radius 2 is 1.80 bits per heavy atom. The van der Waals surface area contributed by atoms with Gasteiger partial charge in [-0.3, -0.25) is 0 Å². The van der Waals surface area contributed by atoms with E-state index in [-0.39, 0.29) is 0 Å². The minimum Gasteiger partial charge on any atom is -0.381 e. The molecule has 0 amide bonds. The van der Waals surface area contributed by atoms with Crippen LogP contribution in [-0.2, 0) is 4.74 Å². The summed E-state index contributed by atoms with van der Waals surface area (Å²) in [5.41, 5.74) is 0. The van der Waals surface area contributed by atoms with Gasteiger partial charge in [-0.25, -0.2) is 0 Å². The van der Waals surface area contributed by atoms with Crippen molar-refractivity contribution < 1.29 is 4.74 Å². The van der Waals surface area contributed by atoms with E-state index in [1.54, 1.807) is 0 Å². The van der Waals surface area contributed by atoms with Gasteiger partial charge in [0.1, 0.15) is 0 Å². The predicted molar refractivity (Wildman–Crippen MR) is 87.1 cm³/mol. The fraction of sp³-hybridized carbons (Fsp3) is 1.00. The van der Waals surface area contributed by atoms with Crippen molar-refractivity contribution in [2.24, 2.45) is 17.8 Å². The highest BCUT2D eigenvalue weighted by atomic mass is 16.5. The van der Waals surface area contributed by atoms with Gasteiger partial charge in [-0.15, -0.1) is 0 Å². The summed E-state index contributed by atoms with van der Waals surface area (Å²) in [6.45, 7) is 18.1. The van der Waals surface area contributed by atoms with Crippen LogP contribution in [0.25, 0.3) is 0 Å². The molecule has 20 heavy (non-hydrogen) atoms. The molecule has 1 heterocycles. The lowest BCUT2D eigenvalue weighted by Crippen LogP contribution is -2.49. The highest BCUT2D eigenvalue weighted by Crippen LogP contribution is 2.18. The molecule has 3 heteroatoms. The monoisotopic (exact) mass is 284 g/mol. The minimum atomic E-state index is 0.644. The molecule has 120 valence electrons. The van der Waals surface area contributed by atoms with E-state index in [4.69, 9.17) is 4.74 Å². The van der Waals surface area contributed by atoms with Crippen LogP contribution in [0.4, 0.5) is 0 Å². The lowest BCUT2D eigenvalue weighted by molar-refractivity contribution is 0.0135. The fourth-order valence-electron chi connectivity index (χ4n) is 3.16. The summed E-state index contributed by atoms with van der Waals surface area (Å²) >= 11 is 0. The third-order valence-corrected chi connectivity index (χ3v) is 3.87. The lowest BCUT2D eigenvalue weighted by atomic mass is 9.94. The molecule has 1 fully saturated rings. The first kappa shape index (κ1) is 17.9. The summed E-state index contributed by atoms with van der Waals surface area (Å²) in [4.78, 5) is 2.65. The first-order chi connectivity index (χ1) is 9.52. The van der Waals surface area contributed by atoms with Crippen LogP contribution in [0, 0.1) is 17.8 Å². The molecule has 0 radical (unpaired) electrons. The van der Waals surface area contributed by atoms with Gasteiger partial charge < -0.3 is 15.0 Å². The molecule has 1 aliphatic rings. The molecule has 2 unspecified atom stereocenters. The van der Waals surface area contributed by atoms with E-state index in [1.165, 1.54) is 32.5 Å². The molecule has 3 nitrogen and oxygen atoms in total. The number of nitrogens with one attached hydrogen (secondary N) is 1. The van der Waals surface area contributed by atoms with Crippen molar-refractivity contribution in [3.8, 4) is 0 Å². The molecule has 0 aliphatic carbocycles. The zero-order valence-electron chi connectivity index (χ0n) is 14.3. The van der Waals surface area contributed by atoms with Crippen molar-refractivity contribution >= 4 is 0 Å². The average Bonchev–Trinajstić information content (AvgIpc) is 2.36. The molecule has 1 rings (SSSR count). The standard InChI is InChI=1S/C17H36N2O/c1-6-8-18-17-7-9-20-13-16(17)12-19(10-14(2)3)11-15(4)5/h14-18H,6-13H2,1-5H3. The van der Waals surface area contributed by atoms with Crippen molar-refractivity contribution in [1.29, 1.82) is 0 Å². The highest BCUT2D eigenvalue weighted by molar-refractivity contribution is 4.82. The van der Waals surface area contributed by atoms with Gasteiger partial charge in [0.15, 0.2) is 0 Å². The van der Waals surface area contributed by atoms with E-state index in [1.807, 2.05) is 0 Å². The van der Waals surface area contributed by atoms with Crippen molar-refractivity contribution in [2.45, 2.75) is 53.5 Å². The lowest BCUT2D eigenvalue weighted by Gasteiger charge is -2.37. The van der Waals surface area contributed by atoms with E-state index in [2.05, 4.69) is 44.8 Å². The minimum absolute atomic E-state index is 0.644. The smallest absolute Gasteiger partial charge is 0.0521 e. The van der Waals surface area contributed by atoms with Gasteiger partial charge in [0.2, 0.25) is 0 Å². The third kappa shape index (κ3) is 7.05. The Hall–Kier alpha value is -0.120. The fourth-order valence-corrected chi connectivity index (χ4v) is 3.16. The van der Waals surface area contributed by atoms with Gasteiger partial charge >= 0.3 is 0 Å². The maximum atomic E-state index is 5.74. The van der Waals surface area contributed by atoms with Crippen LogP contribution in [0.15, 0.2) is 0 Å². The van der Waals surface area contributed by atoms with Crippen LogP contribution in [0.5, 0.6) is 0 Å². The van der Waals surface area contributed by atoms with Crippen LogP contribution in [0.1, 0.15) is 47.5 Å². The van der Waals surface area contributed by atoms with Crippen LogP contribution in [-0.4, -0.2) is 50.3 Å². The molecule has 1 saturated heterocycles. The number of hydrogen-bond donors (Lipinski definition) is 1. The highest BCUT2D eigenvalue weighted by Gasteiger charge is 2.27. The Morgan fingerprint density at radius 3 is 2.35 bits per heavy atom. The molecule has 0 bridgehead atoms. The van der Waals surface area contributed by atoms with E-state index < -0.39 is 0 Å². The number of hydrogen-bond acceptors (Lipinski definition) is 3. The predicted octanol–water partition coefficient (Wildman–Crippen LogP) is 3.01. The second-order valence-corrected chi connectivity index (χ2v) is 7.19. The summed E-state index contributed by atoms with van der Waals surface area (Å²) in [6.07, 6.45) is 2.38. The molecule has 1 N–H and O–H groups in total. The van der Waals surface area contributed by atoms with Crippen LogP contribution < -0.4 is 5.32 Å². The van der Waals surface area contributed by atoms with E-state index in [0.29, 0.717) is 12.0 Å². The van der Waals surface area contributed by atoms with Gasteiger partial charge in [0.05, 0.1) is 6.61 Å². The molecule has 0 saturated carbocycles. The molecular weight excluding hydrogens is 248 g/mol. The van der Waals surface area contributed by atoms with E-state index >= 15 is 0 Å². The van der Waals surface area contributed by atoms with Crippen LogP contribution in [0.2, 0.25) is 0 Å². The second-order valence-electron chi connectivity index (χ2n) is 7.19.